The van der Waals surface area contributed by atoms with Crippen LogP contribution in [0, 0.1) is 0 Å². The van der Waals surface area contributed by atoms with Crippen molar-refractivity contribution in [1.29, 1.82) is 0 Å². The smallest absolute Gasteiger partial charge is 0.307 e. The van der Waals surface area contributed by atoms with Gasteiger partial charge in [0.2, 0.25) is 5.95 Å². The van der Waals surface area contributed by atoms with Gasteiger partial charge in [-0.3, -0.25) is 4.79 Å². The van der Waals surface area contributed by atoms with E-state index in [-0.39, 0.29) is 30.4 Å². The van der Waals surface area contributed by atoms with Gasteiger partial charge in [0, 0.05) is 19.6 Å². The molecule has 0 spiro atoms. The highest BCUT2D eigenvalue weighted by molar-refractivity contribution is 7.16. The predicted octanol–water partition coefficient (Wildman–Crippen LogP) is 0.432. The molecule has 3 rings (SSSR count). The number of hydrogen-bond donors (Lipinski definition) is 2. The van der Waals surface area contributed by atoms with E-state index in [1.54, 1.807) is 5.51 Å². The SMILES string of the molecule is COC(=O)CC1CNCCN1c1nc(N)nc2scnc12.Cl. The van der Waals surface area contributed by atoms with Gasteiger partial charge in [0.15, 0.2) is 10.6 Å². The first-order chi connectivity index (χ1) is 10.2. The molecule has 1 atom stereocenters. The Morgan fingerprint density at radius 1 is 1.59 bits per heavy atom. The summed E-state index contributed by atoms with van der Waals surface area (Å²) in [6, 6.07) is -0.0367. The fourth-order valence-corrected chi connectivity index (χ4v) is 3.12. The number of thiazole rings is 1. The minimum Gasteiger partial charge on any atom is -0.469 e. The van der Waals surface area contributed by atoms with Crippen LogP contribution in [0.15, 0.2) is 5.51 Å². The quantitative estimate of drug-likeness (QED) is 0.772. The first kappa shape index (κ1) is 16.7. The molecule has 1 saturated heterocycles. The molecule has 0 saturated carbocycles. The van der Waals surface area contributed by atoms with Crippen molar-refractivity contribution in [3.8, 4) is 0 Å². The number of methoxy groups -OCH3 is 1. The number of piperazine rings is 1. The maximum atomic E-state index is 11.6. The summed E-state index contributed by atoms with van der Waals surface area (Å²) < 4.78 is 4.77. The number of aromatic nitrogens is 3. The molecule has 3 N–H and O–H groups in total. The average Bonchev–Trinajstić information content (AvgIpc) is 2.95. The maximum Gasteiger partial charge on any atom is 0.307 e. The van der Waals surface area contributed by atoms with Crippen LogP contribution in [0.25, 0.3) is 10.3 Å². The second kappa shape index (κ2) is 7.03. The van der Waals surface area contributed by atoms with Crippen molar-refractivity contribution in [1.82, 2.24) is 20.3 Å². The molecule has 0 bridgehead atoms. The average molecular weight is 345 g/mol. The summed E-state index contributed by atoms with van der Waals surface area (Å²) in [4.78, 5) is 27.3. The van der Waals surface area contributed by atoms with Crippen LogP contribution in [-0.2, 0) is 9.53 Å². The molecule has 3 heterocycles. The highest BCUT2D eigenvalue weighted by Gasteiger charge is 2.28. The predicted molar refractivity (Wildman–Crippen MR) is 87.5 cm³/mol. The van der Waals surface area contributed by atoms with Crippen LogP contribution in [0.4, 0.5) is 11.8 Å². The van der Waals surface area contributed by atoms with Gasteiger partial charge in [-0.05, 0) is 0 Å². The highest BCUT2D eigenvalue weighted by atomic mass is 35.5. The summed E-state index contributed by atoms with van der Waals surface area (Å²) in [5, 5.41) is 3.28. The number of halogens is 1. The van der Waals surface area contributed by atoms with Crippen molar-refractivity contribution in [2.75, 3.05) is 37.4 Å². The summed E-state index contributed by atoms with van der Waals surface area (Å²) in [5.41, 5.74) is 8.24. The van der Waals surface area contributed by atoms with Gasteiger partial charge < -0.3 is 20.7 Å². The van der Waals surface area contributed by atoms with Crippen molar-refractivity contribution in [3.05, 3.63) is 5.51 Å². The zero-order valence-corrected chi connectivity index (χ0v) is 13.6. The Kier molecular flexibility index (Phi) is 5.33. The lowest BCUT2D eigenvalue weighted by molar-refractivity contribution is -0.141. The van der Waals surface area contributed by atoms with E-state index in [0.29, 0.717) is 18.8 Å². The molecule has 1 unspecified atom stereocenters. The number of esters is 1. The van der Waals surface area contributed by atoms with Crippen LogP contribution in [0.2, 0.25) is 0 Å². The number of nitrogens with two attached hydrogens (primary N) is 1. The van der Waals surface area contributed by atoms with Crippen molar-refractivity contribution in [3.63, 3.8) is 0 Å². The Balaban J connectivity index is 0.00000176. The molecule has 0 aliphatic carbocycles. The zero-order valence-electron chi connectivity index (χ0n) is 12.0. The normalized spacial score (nSPS) is 18.0. The van der Waals surface area contributed by atoms with Crippen LogP contribution < -0.4 is 16.0 Å². The van der Waals surface area contributed by atoms with Gasteiger partial charge in [-0.2, -0.15) is 4.98 Å². The number of carbonyl (C=O) groups is 1. The lowest BCUT2D eigenvalue weighted by Crippen LogP contribution is -2.52. The third kappa shape index (κ3) is 3.21. The topological polar surface area (TPSA) is 106 Å². The van der Waals surface area contributed by atoms with Gasteiger partial charge >= 0.3 is 5.97 Å². The first-order valence-corrected chi connectivity index (χ1v) is 7.48. The fraction of sp³-hybridized carbons (Fsp3) is 0.500. The van der Waals surface area contributed by atoms with Gasteiger partial charge in [0.1, 0.15) is 5.52 Å². The summed E-state index contributed by atoms with van der Waals surface area (Å²) in [6.45, 7) is 2.22. The number of hydrogen-bond acceptors (Lipinski definition) is 9. The van der Waals surface area contributed by atoms with Crippen molar-refractivity contribution < 1.29 is 9.53 Å². The number of nitrogen functional groups attached to an aromatic ring is 1. The van der Waals surface area contributed by atoms with Crippen LogP contribution >= 0.6 is 23.7 Å². The van der Waals surface area contributed by atoms with E-state index in [1.165, 1.54) is 18.4 Å². The van der Waals surface area contributed by atoms with Gasteiger partial charge in [-0.1, -0.05) is 0 Å². The van der Waals surface area contributed by atoms with Crippen LogP contribution in [0.3, 0.4) is 0 Å². The Bertz CT molecular complexity index is 666. The molecular formula is C12H17ClN6O2S. The van der Waals surface area contributed by atoms with E-state index in [2.05, 4.69) is 25.2 Å². The van der Waals surface area contributed by atoms with E-state index >= 15 is 0 Å². The molecule has 1 fully saturated rings. The number of nitrogens with zero attached hydrogens (tertiary/aromatic N) is 4. The zero-order chi connectivity index (χ0) is 14.8. The van der Waals surface area contributed by atoms with Gasteiger partial charge in [-0.15, -0.1) is 23.7 Å². The van der Waals surface area contributed by atoms with Crippen molar-refractivity contribution in [2.24, 2.45) is 0 Å². The molecule has 10 heteroatoms. The fourth-order valence-electron chi connectivity index (χ4n) is 2.46. The van der Waals surface area contributed by atoms with E-state index in [4.69, 9.17) is 10.5 Å². The standard InChI is InChI=1S/C12H16N6O2S.ClH/c1-20-8(19)4-7-5-14-2-3-18(7)10-9-11(21-6-15-9)17-12(13)16-10;/h6-7,14H,2-5H2,1H3,(H2,13,16,17);1H. The Morgan fingerprint density at radius 2 is 2.41 bits per heavy atom. The van der Waals surface area contributed by atoms with Crippen LogP contribution in [0.5, 0.6) is 0 Å². The van der Waals surface area contributed by atoms with Crippen molar-refractivity contribution >= 4 is 51.8 Å². The summed E-state index contributed by atoms with van der Waals surface area (Å²) in [6.07, 6.45) is 0.291. The number of ether oxygens (including phenoxy) is 1. The van der Waals surface area contributed by atoms with E-state index in [1.807, 2.05) is 0 Å². The lowest BCUT2D eigenvalue weighted by Gasteiger charge is -2.36. The van der Waals surface area contributed by atoms with E-state index in [9.17, 15) is 4.79 Å². The molecule has 8 nitrogen and oxygen atoms in total. The molecule has 0 radical (unpaired) electrons. The van der Waals surface area contributed by atoms with E-state index < -0.39 is 0 Å². The molecule has 2 aromatic rings. The number of anilines is 2. The van der Waals surface area contributed by atoms with E-state index in [0.717, 1.165) is 23.4 Å². The number of carbonyl (C=O) groups excluding carboxylic acids is 1. The summed E-state index contributed by atoms with van der Waals surface area (Å²) in [5.74, 6) is 0.663. The second-order valence-electron chi connectivity index (χ2n) is 4.74. The molecule has 1 aliphatic heterocycles. The molecular weight excluding hydrogens is 328 g/mol. The molecule has 0 amide bonds. The number of fused-ring (bicyclic) bond motifs is 1. The van der Waals surface area contributed by atoms with Crippen LogP contribution in [0.1, 0.15) is 6.42 Å². The van der Waals surface area contributed by atoms with Gasteiger partial charge in [0.25, 0.3) is 0 Å². The molecule has 120 valence electrons. The first-order valence-electron chi connectivity index (χ1n) is 6.60. The maximum absolute atomic E-state index is 11.6. The molecule has 22 heavy (non-hydrogen) atoms. The van der Waals surface area contributed by atoms with Crippen LogP contribution in [-0.4, -0.2) is 53.7 Å². The summed E-state index contributed by atoms with van der Waals surface area (Å²) in [7, 11) is 1.39. The number of rotatable bonds is 3. The van der Waals surface area contributed by atoms with Gasteiger partial charge in [-0.25, -0.2) is 9.97 Å². The van der Waals surface area contributed by atoms with Gasteiger partial charge in [0.05, 0.1) is 25.1 Å². The van der Waals surface area contributed by atoms with Crippen molar-refractivity contribution in [2.45, 2.75) is 12.5 Å². The molecule has 1 aliphatic rings. The summed E-state index contributed by atoms with van der Waals surface area (Å²) >= 11 is 1.42. The molecule has 2 aromatic heterocycles. The monoisotopic (exact) mass is 344 g/mol. The largest absolute Gasteiger partial charge is 0.469 e. The Labute approximate surface area is 137 Å². The Morgan fingerprint density at radius 3 is 3.18 bits per heavy atom. The Hall–Kier alpha value is -1.71. The minimum absolute atomic E-state index is 0. The third-order valence-corrected chi connectivity index (χ3v) is 4.17. The second-order valence-corrected chi connectivity index (χ2v) is 5.58. The third-order valence-electron chi connectivity index (χ3n) is 3.45. The highest BCUT2D eigenvalue weighted by Crippen LogP contribution is 2.28. The lowest BCUT2D eigenvalue weighted by atomic mass is 10.1. The minimum atomic E-state index is -0.245. The molecule has 0 aromatic carbocycles. The number of nitrogens with one attached hydrogen (secondary N) is 1.